The first-order valence-electron chi connectivity index (χ1n) is 3.18. The summed E-state index contributed by atoms with van der Waals surface area (Å²) < 4.78 is 0.903. The number of aliphatic carboxylic acids is 1. The highest BCUT2D eigenvalue weighted by atomic mass is 127. The lowest BCUT2D eigenvalue weighted by molar-refractivity contribution is -0.138. The molecule has 1 rings (SSSR count). The smallest absolute Gasteiger partial charge is 0.320 e. The Kier molecular flexibility index (Phi) is 3.41. The van der Waals surface area contributed by atoms with Crippen molar-refractivity contribution >= 4 is 39.9 Å². The van der Waals surface area contributed by atoms with Crippen LogP contribution in [0.1, 0.15) is 5.69 Å². The van der Waals surface area contributed by atoms with Crippen LogP contribution in [0.5, 0.6) is 0 Å². The zero-order chi connectivity index (χ0) is 9.14. The Morgan fingerprint density at radius 2 is 2.58 bits per heavy atom. The highest BCUT2D eigenvalue weighted by molar-refractivity contribution is 14.1. The van der Waals surface area contributed by atoms with Gasteiger partial charge in [0.25, 0.3) is 0 Å². The third kappa shape index (κ3) is 2.68. The Morgan fingerprint density at radius 1 is 1.92 bits per heavy atom. The number of hydrogen-bond donors (Lipinski definition) is 2. The molecule has 1 unspecified atom stereocenters. The van der Waals surface area contributed by atoms with Gasteiger partial charge in [-0.1, -0.05) is 0 Å². The van der Waals surface area contributed by atoms with Gasteiger partial charge in [0.2, 0.25) is 0 Å². The average molecular weight is 298 g/mol. The quantitative estimate of drug-likeness (QED) is 0.806. The Labute approximate surface area is 86.9 Å². The maximum absolute atomic E-state index is 10.4. The molecule has 0 fully saturated rings. The number of rotatable bonds is 3. The molecule has 12 heavy (non-hydrogen) atoms. The van der Waals surface area contributed by atoms with Gasteiger partial charge in [-0.3, -0.25) is 4.79 Å². The second kappa shape index (κ2) is 4.15. The number of aromatic nitrogens is 1. The van der Waals surface area contributed by atoms with Gasteiger partial charge in [0.05, 0.1) is 5.69 Å². The predicted octanol–water partition coefficient (Wildman–Crippen LogP) is 0.702. The molecule has 0 aromatic carbocycles. The molecule has 0 saturated carbocycles. The summed E-state index contributed by atoms with van der Waals surface area (Å²) in [7, 11) is 0. The van der Waals surface area contributed by atoms with Gasteiger partial charge >= 0.3 is 5.97 Å². The molecule has 3 N–H and O–H groups in total. The Bertz CT molecular complexity index is 289. The van der Waals surface area contributed by atoms with Crippen LogP contribution in [0.25, 0.3) is 0 Å². The molecule has 0 radical (unpaired) electrons. The van der Waals surface area contributed by atoms with Crippen LogP contribution >= 0.6 is 33.9 Å². The molecule has 0 aliphatic rings. The SMILES string of the molecule is NC(Cc1csc(I)n1)C(=O)O. The molecular weight excluding hydrogens is 291 g/mol. The van der Waals surface area contributed by atoms with Crippen LogP contribution in [-0.2, 0) is 11.2 Å². The van der Waals surface area contributed by atoms with Gasteiger partial charge in [-0.2, -0.15) is 0 Å². The lowest BCUT2D eigenvalue weighted by atomic mass is 10.2. The van der Waals surface area contributed by atoms with E-state index in [0.29, 0.717) is 6.42 Å². The summed E-state index contributed by atoms with van der Waals surface area (Å²) in [6.45, 7) is 0. The largest absolute Gasteiger partial charge is 0.480 e. The fourth-order valence-corrected chi connectivity index (χ4v) is 1.93. The number of nitrogens with two attached hydrogens (primary N) is 1. The van der Waals surface area contributed by atoms with Crippen LogP contribution in [0, 0.1) is 3.01 Å². The van der Waals surface area contributed by atoms with Crippen molar-refractivity contribution in [2.24, 2.45) is 5.73 Å². The van der Waals surface area contributed by atoms with Gasteiger partial charge in [0.1, 0.15) is 6.04 Å². The van der Waals surface area contributed by atoms with E-state index in [0.717, 1.165) is 8.71 Å². The van der Waals surface area contributed by atoms with Crippen LogP contribution in [0.2, 0.25) is 0 Å². The highest BCUT2D eigenvalue weighted by Crippen LogP contribution is 2.12. The topological polar surface area (TPSA) is 76.2 Å². The maximum Gasteiger partial charge on any atom is 0.320 e. The number of nitrogens with zero attached hydrogens (tertiary/aromatic N) is 1. The van der Waals surface area contributed by atoms with E-state index in [1.54, 1.807) is 0 Å². The fourth-order valence-electron chi connectivity index (χ4n) is 0.689. The van der Waals surface area contributed by atoms with E-state index in [-0.39, 0.29) is 0 Å². The fraction of sp³-hybridized carbons (Fsp3) is 0.333. The molecule has 66 valence electrons. The molecule has 0 spiro atoms. The lowest BCUT2D eigenvalue weighted by Gasteiger charge is -2.01. The zero-order valence-electron chi connectivity index (χ0n) is 6.03. The van der Waals surface area contributed by atoms with Gasteiger partial charge in [0.15, 0.2) is 3.01 Å². The predicted molar refractivity (Wildman–Crippen MR) is 54.1 cm³/mol. The van der Waals surface area contributed by atoms with Crippen LogP contribution in [0.3, 0.4) is 0 Å². The summed E-state index contributed by atoms with van der Waals surface area (Å²) in [6, 6.07) is -0.845. The van der Waals surface area contributed by atoms with Crippen molar-refractivity contribution in [1.29, 1.82) is 0 Å². The number of carboxylic acids is 1. The van der Waals surface area contributed by atoms with Crippen molar-refractivity contribution in [1.82, 2.24) is 4.98 Å². The molecule has 6 heteroatoms. The molecule has 1 heterocycles. The molecular formula is C6H7IN2O2S. The van der Waals surface area contributed by atoms with Crippen molar-refractivity contribution in [2.75, 3.05) is 0 Å². The lowest BCUT2D eigenvalue weighted by Crippen LogP contribution is -2.32. The first kappa shape index (κ1) is 9.87. The second-order valence-corrected chi connectivity index (χ2v) is 4.85. The highest BCUT2D eigenvalue weighted by Gasteiger charge is 2.13. The van der Waals surface area contributed by atoms with Gasteiger partial charge in [0, 0.05) is 11.8 Å². The standard InChI is InChI=1S/C6H7IN2O2S/c7-6-9-3(2-12-6)1-4(8)5(10)11/h2,4H,1,8H2,(H,10,11). The first-order chi connectivity index (χ1) is 5.59. The minimum atomic E-state index is -0.988. The minimum absolute atomic E-state index is 0.300. The number of carbonyl (C=O) groups is 1. The van der Waals surface area contributed by atoms with E-state index < -0.39 is 12.0 Å². The van der Waals surface area contributed by atoms with Crippen LogP contribution in [0.4, 0.5) is 0 Å². The minimum Gasteiger partial charge on any atom is -0.480 e. The molecule has 0 amide bonds. The molecule has 0 bridgehead atoms. The summed E-state index contributed by atoms with van der Waals surface area (Å²) in [6.07, 6.45) is 0.300. The molecule has 0 saturated heterocycles. The van der Waals surface area contributed by atoms with E-state index in [1.165, 1.54) is 11.3 Å². The van der Waals surface area contributed by atoms with Crippen molar-refractivity contribution < 1.29 is 9.90 Å². The van der Waals surface area contributed by atoms with E-state index in [9.17, 15) is 4.79 Å². The summed E-state index contributed by atoms with van der Waals surface area (Å²) in [5.74, 6) is -0.988. The van der Waals surface area contributed by atoms with E-state index in [1.807, 2.05) is 5.38 Å². The molecule has 1 aromatic rings. The van der Waals surface area contributed by atoms with Gasteiger partial charge < -0.3 is 10.8 Å². The number of thiazole rings is 1. The summed E-state index contributed by atoms with van der Waals surface area (Å²) >= 11 is 3.57. The molecule has 4 nitrogen and oxygen atoms in total. The Balaban J connectivity index is 2.58. The molecule has 0 aliphatic heterocycles. The van der Waals surface area contributed by atoms with Gasteiger partial charge in [-0.25, -0.2) is 4.98 Å². The normalized spacial score (nSPS) is 12.8. The third-order valence-electron chi connectivity index (χ3n) is 1.27. The third-order valence-corrected chi connectivity index (χ3v) is 2.95. The molecule has 0 aliphatic carbocycles. The van der Waals surface area contributed by atoms with Crippen molar-refractivity contribution in [3.8, 4) is 0 Å². The Morgan fingerprint density at radius 3 is 3.00 bits per heavy atom. The van der Waals surface area contributed by atoms with Crippen LogP contribution < -0.4 is 5.73 Å². The zero-order valence-corrected chi connectivity index (χ0v) is 9.00. The van der Waals surface area contributed by atoms with E-state index in [2.05, 4.69) is 27.6 Å². The maximum atomic E-state index is 10.4. The monoisotopic (exact) mass is 298 g/mol. The van der Waals surface area contributed by atoms with E-state index in [4.69, 9.17) is 10.8 Å². The van der Waals surface area contributed by atoms with Crippen LogP contribution in [-0.4, -0.2) is 22.1 Å². The van der Waals surface area contributed by atoms with Crippen molar-refractivity contribution in [3.05, 3.63) is 14.1 Å². The van der Waals surface area contributed by atoms with Crippen molar-refractivity contribution in [2.45, 2.75) is 12.5 Å². The van der Waals surface area contributed by atoms with Gasteiger partial charge in [-0.15, -0.1) is 11.3 Å². The second-order valence-electron chi connectivity index (χ2n) is 2.24. The number of halogens is 1. The first-order valence-corrected chi connectivity index (χ1v) is 5.13. The summed E-state index contributed by atoms with van der Waals surface area (Å²) in [4.78, 5) is 14.5. The molecule has 1 atom stereocenters. The van der Waals surface area contributed by atoms with Crippen molar-refractivity contribution in [3.63, 3.8) is 0 Å². The van der Waals surface area contributed by atoms with Crippen LogP contribution in [0.15, 0.2) is 5.38 Å². The Hall–Kier alpha value is -0.210. The molecule has 1 aromatic heterocycles. The van der Waals surface area contributed by atoms with E-state index >= 15 is 0 Å². The number of carboxylic acid groups (broad SMARTS) is 1. The summed E-state index contributed by atoms with van der Waals surface area (Å²) in [5.41, 5.74) is 6.07. The average Bonchev–Trinajstić information content (AvgIpc) is 2.35. The summed E-state index contributed by atoms with van der Waals surface area (Å²) in [5, 5.41) is 10.3. The van der Waals surface area contributed by atoms with Gasteiger partial charge in [-0.05, 0) is 22.6 Å². The number of hydrogen-bond acceptors (Lipinski definition) is 4.